The van der Waals surface area contributed by atoms with Gasteiger partial charge in [0.05, 0.1) is 6.61 Å². The maximum absolute atomic E-state index is 12.3. The summed E-state index contributed by atoms with van der Waals surface area (Å²) in [5.74, 6) is -0.189. The van der Waals surface area contributed by atoms with Crippen molar-refractivity contribution in [2.45, 2.75) is 45.1 Å². The topological polar surface area (TPSA) is 66.8 Å². The Morgan fingerprint density at radius 3 is 2.59 bits per heavy atom. The molecular formula is C17H23NO4. The zero-order valence-corrected chi connectivity index (χ0v) is 13.2. The van der Waals surface area contributed by atoms with E-state index in [1.165, 1.54) is 4.90 Å². The highest BCUT2D eigenvalue weighted by molar-refractivity contribution is 5.87. The lowest BCUT2D eigenvalue weighted by molar-refractivity contribution is -0.155. The monoisotopic (exact) mass is 305 g/mol. The van der Waals surface area contributed by atoms with Crippen LogP contribution in [0.3, 0.4) is 0 Å². The summed E-state index contributed by atoms with van der Waals surface area (Å²) in [6.45, 7) is 4.73. The van der Waals surface area contributed by atoms with E-state index >= 15 is 0 Å². The third-order valence-electron chi connectivity index (χ3n) is 4.26. The summed E-state index contributed by atoms with van der Waals surface area (Å²) < 4.78 is 5.38. The van der Waals surface area contributed by atoms with Gasteiger partial charge < -0.3 is 14.7 Å². The van der Waals surface area contributed by atoms with E-state index < -0.39 is 11.5 Å². The van der Waals surface area contributed by atoms with Crippen molar-refractivity contribution in [3.63, 3.8) is 0 Å². The van der Waals surface area contributed by atoms with E-state index in [-0.39, 0.29) is 5.91 Å². The van der Waals surface area contributed by atoms with E-state index in [1.807, 2.05) is 31.2 Å². The number of aryl methyl sites for hydroxylation is 1. The highest BCUT2D eigenvalue weighted by Crippen LogP contribution is 2.30. The largest absolute Gasteiger partial charge is 0.494 e. The van der Waals surface area contributed by atoms with Crippen LogP contribution in [0.1, 0.15) is 38.7 Å². The average Bonchev–Trinajstić information content (AvgIpc) is 2.90. The minimum atomic E-state index is -1.05. The van der Waals surface area contributed by atoms with Gasteiger partial charge in [-0.25, -0.2) is 4.79 Å². The molecule has 1 amide bonds. The molecule has 0 aliphatic carbocycles. The first kappa shape index (κ1) is 16.3. The van der Waals surface area contributed by atoms with E-state index in [2.05, 4.69) is 0 Å². The number of carboxylic acids is 1. The highest BCUT2D eigenvalue weighted by atomic mass is 16.5. The molecule has 1 saturated heterocycles. The second kappa shape index (κ2) is 6.81. The van der Waals surface area contributed by atoms with E-state index in [4.69, 9.17) is 4.74 Å². The number of likely N-dealkylation sites (tertiary alicyclic amines) is 1. The van der Waals surface area contributed by atoms with E-state index in [9.17, 15) is 14.7 Å². The fraction of sp³-hybridized carbons (Fsp3) is 0.529. The molecule has 2 rings (SSSR count). The molecule has 1 aliphatic rings. The number of nitrogens with zero attached hydrogens (tertiary/aromatic N) is 1. The number of ether oxygens (including phenoxy) is 1. The summed E-state index contributed by atoms with van der Waals surface area (Å²) in [5, 5.41) is 9.35. The Morgan fingerprint density at radius 1 is 1.32 bits per heavy atom. The van der Waals surface area contributed by atoms with Gasteiger partial charge in [-0.3, -0.25) is 4.79 Å². The van der Waals surface area contributed by atoms with Crippen molar-refractivity contribution in [3.05, 3.63) is 29.8 Å². The van der Waals surface area contributed by atoms with Crippen LogP contribution in [0.2, 0.25) is 0 Å². The number of hydrogen-bond acceptors (Lipinski definition) is 3. The molecule has 0 saturated carbocycles. The minimum Gasteiger partial charge on any atom is -0.494 e. The van der Waals surface area contributed by atoms with Crippen molar-refractivity contribution in [3.8, 4) is 5.75 Å². The van der Waals surface area contributed by atoms with E-state index in [0.29, 0.717) is 32.4 Å². The Morgan fingerprint density at radius 2 is 2.00 bits per heavy atom. The fourth-order valence-electron chi connectivity index (χ4n) is 2.89. The first-order chi connectivity index (χ1) is 10.5. The van der Waals surface area contributed by atoms with Crippen LogP contribution in [-0.4, -0.2) is 40.6 Å². The van der Waals surface area contributed by atoms with Crippen LogP contribution >= 0.6 is 0 Å². The number of carbonyl (C=O) groups is 2. The summed E-state index contributed by atoms with van der Waals surface area (Å²) in [6, 6.07) is 7.67. The van der Waals surface area contributed by atoms with Crippen molar-refractivity contribution in [2.75, 3.05) is 13.2 Å². The van der Waals surface area contributed by atoms with E-state index in [1.54, 1.807) is 6.92 Å². The Hall–Kier alpha value is -2.04. The molecule has 1 atom stereocenters. The third-order valence-corrected chi connectivity index (χ3v) is 4.26. The lowest BCUT2D eigenvalue weighted by Crippen LogP contribution is -2.50. The van der Waals surface area contributed by atoms with Crippen molar-refractivity contribution < 1.29 is 19.4 Å². The zero-order chi connectivity index (χ0) is 16.2. The van der Waals surface area contributed by atoms with Gasteiger partial charge in [0.2, 0.25) is 5.91 Å². The van der Waals surface area contributed by atoms with Crippen LogP contribution in [0.25, 0.3) is 0 Å². The van der Waals surface area contributed by atoms with Gasteiger partial charge in [0.25, 0.3) is 0 Å². The van der Waals surface area contributed by atoms with Gasteiger partial charge in [0.1, 0.15) is 11.3 Å². The standard InChI is InChI=1S/C17H23NO4/c1-3-22-14-8-5-13(6-9-14)7-10-15(19)18-12-4-11-17(18,2)16(20)21/h5-6,8-9H,3-4,7,10-12H2,1-2H3,(H,20,21). The van der Waals surface area contributed by atoms with Gasteiger partial charge >= 0.3 is 5.97 Å². The second-order valence-electron chi connectivity index (χ2n) is 5.80. The van der Waals surface area contributed by atoms with Gasteiger partial charge in [0, 0.05) is 13.0 Å². The van der Waals surface area contributed by atoms with E-state index in [0.717, 1.165) is 17.7 Å². The Bertz CT molecular complexity index is 540. The van der Waals surface area contributed by atoms with Gasteiger partial charge in [-0.2, -0.15) is 0 Å². The molecule has 5 nitrogen and oxygen atoms in total. The van der Waals surface area contributed by atoms with Crippen molar-refractivity contribution in [1.29, 1.82) is 0 Å². The first-order valence-corrected chi connectivity index (χ1v) is 7.73. The lowest BCUT2D eigenvalue weighted by atomic mass is 9.98. The van der Waals surface area contributed by atoms with Crippen LogP contribution < -0.4 is 4.74 Å². The molecule has 0 radical (unpaired) electrons. The minimum absolute atomic E-state index is 0.0868. The van der Waals surface area contributed by atoms with Crippen LogP contribution in [0.4, 0.5) is 0 Å². The van der Waals surface area contributed by atoms with Gasteiger partial charge in [-0.1, -0.05) is 12.1 Å². The van der Waals surface area contributed by atoms with Crippen molar-refractivity contribution >= 4 is 11.9 Å². The van der Waals surface area contributed by atoms with Crippen molar-refractivity contribution in [2.24, 2.45) is 0 Å². The number of carboxylic acid groups (broad SMARTS) is 1. The summed E-state index contributed by atoms with van der Waals surface area (Å²) in [6.07, 6.45) is 2.21. The Balaban J connectivity index is 1.93. The quantitative estimate of drug-likeness (QED) is 0.877. The molecule has 1 heterocycles. The molecule has 22 heavy (non-hydrogen) atoms. The molecule has 5 heteroatoms. The molecule has 0 bridgehead atoms. The van der Waals surface area contributed by atoms with Crippen LogP contribution in [0, 0.1) is 0 Å². The maximum Gasteiger partial charge on any atom is 0.329 e. The number of benzene rings is 1. The SMILES string of the molecule is CCOc1ccc(CCC(=O)N2CCCC2(C)C(=O)O)cc1. The summed E-state index contributed by atoms with van der Waals surface area (Å²) in [5.41, 5.74) is 0.00337. The average molecular weight is 305 g/mol. The normalized spacial score (nSPS) is 20.9. The molecule has 0 aromatic heterocycles. The van der Waals surface area contributed by atoms with Gasteiger partial charge in [-0.15, -0.1) is 0 Å². The van der Waals surface area contributed by atoms with Crippen LogP contribution in [0.5, 0.6) is 5.75 Å². The number of amides is 1. The number of carbonyl (C=O) groups excluding carboxylic acids is 1. The number of aliphatic carboxylic acids is 1. The second-order valence-corrected chi connectivity index (χ2v) is 5.80. The third kappa shape index (κ3) is 3.40. The molecule has 1 aromatic rings. The smallest absolute Gasteiger partial charge is 0.329 e. The summed E-state index contributed by atoms with van der Waals surface area (Å²) >= 11 is 0. The van der Waals surface area contributed by atoms with Gasteiger partial charge in [0.15, 0.2) is 0 Å². The van der Waals surface area contributed by atoms with Crippen molar-refractivity contribution in [1.82, 2.24) is 4.90 Å². The van der Waals surface area contributed by atoms with Gasteiger partial charge in [-0.05, 0) is 50.8 Å². The van der Waals surface area contributed by atoms with Crippen LogP contribution in [0.15, 0.2) is 24.3 Å². The molecule has 120 valence electrons. The fourth-order valence-corrected chi connectivity index (χ4v) is 2.89. The molecule has 1 fully saturated rings. The molecular weight excluding hydrogens is 282 g/mol. The first-order valence-electron chi connectivity index (χ1n) is 7.73. The zero-order valence-electron chi connectivity index (χ0n) is 13.2. The molecule has 1 N–H and O–H groups in total. The predicted octanol–water partition coefficient (Wildman–Crippen LogP) is 2.48. The summed E-state index contributed by atoms with van der Waals surface area (Å²) in [4.78, 5) is 25.3. The lowest BCUT2D eigenvalue weighted by Gasteiger charge is -2.31. The predicted molar refractivity (Wildman–Crippen MR) is 82.9 cm³/mol. The molecule has 0 spiro atoms. The molecule has 1 aromatic carbocycles. The Kier molecular flexibility index (Phi) is 5.06. The molecule has 1 aliphatic heterocycles. The molecule has 1 unspecified atom stereocenters. The maximum atomic E-state index is 12.3. The van der Waals surface area contributed by atoms with Crippen LogP contribution in [-0.2, 0) is 16.0 Å². The summed E-state index contributed by atoms with van der Waals surface area (Å²) in [7, 11) is 0. The number of hydrogen-bond donors (Lipinski definition) is 1. The number of rotatable bonds is 6. The highest BCUT2D eigenvalue weighted by Gasteiger charge is 2.45. The Labute approximate surface area is 130 Å².